The highest BCUT2D eigenvalue weighted by molar-refractivity contribution is 5.97. The first kappa shape index (κ1) is 23.2. The number of hydrogen-bond acceptors (Lipinski definition) is 4. The fraction of sp³-hybridized carbons (Fsp3) is 0.619. The van der Waals surface area contributed by atoms with Gasteiger partial charge < -0.3 is 15.1 Å². The molecular weight excluding hydrogens is 383 g/mol. The SMILES string of the molecule is CCN(c1cc(C(F)(F)F)cc(C(=O)NCCC(C)=O)c1C)C1CCN(C)CC1. The van der Waals surface area contributed by atoms with Gasteiger partial charge in [-0.15, -0.1) is 0 Å². The summed E-state index contributed by atoms with van der Waals surface area (Å²) in [4.78, 5) is 27.9. The molecule has 162 valence electrons. The molecule has 0 saturated carbocycles. The minimum atomic E-state index is -4.55. The fourth-order valence-electron chi connectivity index (χ4n) is 3.78. The van der Waals surface area contributed by atoms with Gasteiger partial charge in [-0.3, -0.25) is 9.59 Å². The molecule has 0 bridgehead atoms. The lowest BCUT2D eigenvalue weighted by Gasteiger charge is -2.39. The molecule has 0 spiro atoms. The topological polar surface area (TPSA) is 52.7 Å². The molecule has 5 nitrogen and oxygen atoms in total. The molecule has 0 aromatic heterocycles. The van der Waals surface area contributed by atoms with Crippen molar-refractivity contribution in [3.63, 3.8) is 0 Å². The number of Topliss-reactive ketones (excluding diaryl/α,β-unsaturated/α-hetero) is 1. The highest BCUT2D eigenvalue weighted by atomic mass is 19.4. The predicted octanol–water partition coefficient (Wildman–Crippen LogP) is 3.64. The van der Waals surface area contributed by atoms with E-state index in [2.05, 4.69) is 10.2 Å². The molecule has 1 aromatic carbocycles. The summed E-state index contributed by atoms with van der Waals surface area (Å²) in [5.41, 5.74) is 0.152. The van der Waals surface area contributed by atoms with Crippen molar-refractivity contribution in [1.82, 2.24) is 10.2 Å². The van der Waals surface area contributed by atoms with Crippen LogP contribution in [-0.2, 0) is 11.0 Å². The normalized spacial score (nSPS) is 16.0. The zero-order chi connectivity index (χ0) is 21.8. The van der Waals surface area contributed by atoms with E-state index in [0.29, 0.717) is 17.8 Å². The average Bonchev–Trinajstić information content (AvgIpc) is 2.63. The first-order valence-electron chi connectivity index (χ1n) is 9.99. The molecule has 1 heterocycles. The lowest BCUT2D eigenvalue weighted by atomic mass is 9.97. The van der Waals surface area contributed by atoms with Crippen LogP contribution in [0, 0.1) is 6.92 Å². The maximum absolute atomic E-state index is 13.6. The van der Waals surface area contributed by atoms with Crippen molar-refractivity contribution in [2.75, 3.05) is 38.1 Å². The highest BCUT2D eigenvalue weighted by Gasteiger charge is 2.34. The smallest absolute Gasteiger partial charge is 0.368 e. The van der Waals surface area contributed by atoms with Crippen molar-refractivity contribution in [1.29, 1.82) is 0 Å². The Morgan fingerprint density at radius 2 is 1.86 bits per heavy atom. The molecular formula is C21H30F3N3O2. The molecule has 0 unspecified atom stereocenters. The Morgan fingerprint density at radius 3 is 2.38 bits per heavy atom. The van der Waals surface area contributed by atoms with Crippen molar-refractivity contribution in [3.8, 4) is 0 Å². The lowest BCUT2D eigenvalue weighted by molar-refractivity contribution is -0.137. The van der Waals surface area contributed by atoms with Gasteiger partial charge in [0.15, 0.2) is 0 Å². The standard InChI is InChI=1S/C21H30F3N3O2/c1-5-27(17-7-10-26(4)11-8-17)19-13-16(21(22,23)24)12-18(15(19)3)20(29)25-9-6-14(2)28/h12-13,17H,5-11H2,1-4H3,(H,25,29). The summed E-state index contributed by atoms with van der Waals surface area (Å²) < 4.78 is 40.7. The summed E-state index contributed by atoms with van der Waals surface area (Å²) >= 11 is 0. The van der Waals surface area contributed by atoms with E-state index >= 15 is 0 Å². The van der Waals surface area contributed by atoms with Gasteiger partial charge in [-0.05, 0) is 71.4 Å². The van der Waals surface area contributed by atoms with Crippen molar-refractivity contribution in [2.24, 2.45) is 0 Å². The van der Waals surface area contributed by atoms with E-state index in [-0.39, 0.29) is 30.4 Å². The second kappa shape index (κ2) is 9.61. The fourth-order valence-corrected chi connectivity index (χ4v) is 3.78. The summed E-state index contributed by atoms with van der Waals surface area (Å²) in [6.45, 7) is 7.45. The zero-order valence-electron chi connectivity index (χ0n) is 17.5. The third-order valence-electron chi connectivity index (χ3n) is 5.49. The maximum Gasteiger partial charge on any atom is 0.416 e. The van der Waals surface area contributed by atoms with Gasteiger partial charge in [0.2, 0.25) is 0 Å². The van der Waals surface area contributed by atoms with E-state index in [4.69, 9.17) is 0 Å². The van der Waals surface area contributed by atoms with Gasteiger partial charge in [-0.25, -0.2) is 0 Å². The molecule has 0 aliphatic carbocycles. The molecule has 1 aliphatic rings. The van der Waals surface area contributed by atoms with Crippen LogP contribution in [0.2, 0.25) is 0 Å². The number of rotatable bonds is 7. The Bertz CT molecular complexity index is 741. The van der Waals surface area contributed by atoms with E-state index in [0.717, 1.165) is 38.1 Å². The number of halogens is 3. The number of ketones is 1. The number of hydrogen-bond donors (Lipinski definition) is 1. The molecule has 1 aromatic rings. The summed E-state index contributed by atoms with van der Waals surface area (Å²) in [5, 5.41) is 2.57. The highest BCUT2D eigenvalue weighted by Crippen LogP contribution is 2.36. The number of benzene rings is 1. The van der Waals surface area contributed by atoms with Crippen molar-refractivity contribution < 1.29 is 22.8 Å². The Kier molecular flexibility index (Phi) is 7.68. The molecule has 1 fully saturated rings. The minimum Gasteiger partial charge on any atom is -0.368 e. The van der Waals surface area contributed by atoms with E-state index in [1.54, 1.807) is 6.92 Å². The number of carbonyl (C=O) groups is 2. The summed E-state index contributed by atoms with van der Waals surface area (Å²) in [5.74, 6) is -0.679. The molecule has 1 saturated heterocycles. The maximum atomic E-state index is 13.6. The van der Waals surface area contributed by atoms with E-state index in [1.165, 1.54) is 6.92 Å². The van der Waals surface area contributed by atoms with E-state index in [1.807, 2.05) is 18.9 Å². The van der Waals surface area contributed by atoms with Crippen LogP contribution in [0.5, 0.6) is 0 Å². The number of amides is 1. The molecule has 2 rings (SSSR count). The Balaban J connectivity index is 2.42. The molecule has 1 N–H and O–H groups in total. The van der Waals surface area contributed by atoms with Gasteiger partial charge in [0.05, 0.1) is 5.56 Å². The number of anilines is 1. The number of carbonyl (C=O) groups excluding carboxylic acids is 2. The van der Waals surface area contributed by atoms with Gasteiger partial charge in [0, 0.05) is 36.8 Å². The van der Waals surface area contributed by atoms with E-state index < -0.39 is 17.6 Å². The van der Waals surface area contributed by atoms with Crippen molar-refractivity contribution in [2.45, 2.75) is 52.3 Å². The third-order valence-corrected chi connectivity index (χ3v) is 5.49. The van der Waals surface area contributed by atoms with Crippen molar-refractivity contribution >= 4 is 17.4 Å². The Hall–Kier alpha value is -2.09. The number of nitrogens with one attached hydrogen (secondary N) is 1. The third kappa shape index (κ3) is 5.95. The van der Waals surface area contributed by atoms with Gasteiger partial charge in [-0.2, -0.15) is 13.2 Å². The Morgan fingerprint density at radius 1 is 1.24 bits per heavy atom. The average molecular weight is 413 g/mol. The van der Waals surface area contributed by atoms with Crippen LogP contribution in [0.15, 0.2) is 12.1 Å². The number of likely N-dealkylation sites (tertiary alicyclic amines) is 1. The predicted molar refractivity (Wildman–Crippen MR) is 107 cm³/mol. The van der Waals surface area contributed by atoms with Crippen LogP contribution in [-0.4, -0.2) is 55.9 Å². The quantitative estimate of drug-likeness (QED) is 0.742. The summed E-state index contributed by atoms with van der Waals surface area (Å²) in [7, 11) is 2.03. The molecule has 0 radical (unpaired) electrons. The molecule has 8 heteroatoms. The first-order valence-corrected chi connectivity index (χ1v) is 9.99. The zero-order valence-corrected chi connectivity index (χ0v) is 17.5. The number of alkyl halides is 3. The Labute approximate surface area is 170 Å². The summed E-state index contributed by atoms with van der Waals surface area (Å²) in [6, 6.07) is 2.19. The number of piperidine rings is 1. The van der Waals surface area contributed by atoms with Gasteiger partial charge in [-0.1, -0.05) is 0 Å². The van der Waals surface area contributed by atoms with Crippen LogP contribution in [0.4, 0.5) is 18.9 Å². The van der Waals surface area contributed by atoms with Crippen LogP contribution in [0.1, 0.15) is 54.6 Å². The molecule has 1 aliphatic heterocycles. The second-order valence-electron chi connectivity index (χ2n) is 7.69. The first-order chi connectivity index (χ1) is 13.5. The number of nitrogens with zero attached hydrogens (tertiary/aromatic N) is 2. The van der Waals surface area contributed by atoms with Crippen LogP contribution in [0.3, 0.4) is 0 Å². The van der Waals surface area contributed by atoms with Crippen molar-refractivity contribution in [3.05, 3.63) is 28.8 Å². The molecule has 1 amide bonds. The van der Waals surface area contributed by atoms with Crippen LogP contribution >= 0.6 is 0 Å². The van der Waals surface area contributed by atoms with Crippen LogP contribution < -0.4 is 10.2 Å². The second-order valence-corrected chi connectivity index (χ2v) is 7.69. The summed E-state index contributed by atoms with van der Waals surface area (Å²) in [6.07, 6.45) is -2.68. The van der Waals surface area contributed by atoms with Gasteiger partial charge in [0.25, 0.3) is 5.91 Å². The minimum absolute atomic E-state index is 0.00440. The van der Waals surface area contributed by atoms with Gasteiger partial charge in [0.1, 0.15) is 5.78 Å². The van der Waals surface area contributed by atoms with Crippen LogP contribution in [0.25, 0.3) is 0 Å². The van der Waals surface area contributed by atoms with Gasteiger partial charge >= 0.3 is 6.18 Å². The molecule has 29 heavy (non-hydrogen) atoms. The molecule has 0 atom stereocenters. The van der Waals surface area contributed by atoms with E-state index in [9.17, 15) is 22.8 Å². The monoisotopic (exact) mass is 413 g/mol. The largest absolute Gasteiger partial charge is 0.416 e. The lowest BCUT2D eigenvalue weighted by Crippen LogP contribution is -2.44.